The molecule has 80 valence electrons. The van der Waals surface area contributed by atoms with Gasteiger partial charge in [0.1, 0.15) is 0 Å². The number of carbonyl (C=O) groups is 1. The van der Waals surface area contributed by atoms with E-state index in [1.54, 1.807) is 0 Å². The highest BCUT2D eigenvalue weighted by Crippen LogP contribution is 2.19. The van der Waals surface area contributed by atoms with E-state index in [1.165, 1.54) is 31.3 Å². The molecular formula is C11H20N2O. The van der Waals surface area contributed by atoms with Crippen molar-refractivity contribution < 1.29 is 4.79 Å². The zero-order valence-corrected chi connectivity index (χ0v) is 8.72. The van der Waals surface area contributed by atoms with Crippen LogP contribution in [0, 0.1) is 0 Å². The maximum absolute atomic E-state index is 11.1. The van der Waals surface area contributed by atoms with E-state index >= 15 is 0 Å². The molecule has 3 nitrogen and oxygen atoms in total. The minimum absolute atomic E-state index is 0.0731. The smallest absolute Gasteiger partial charge is 0.221 e. The zero-order valence-electron chi connectivity index (χ0n) is 8.72. The molecule has 0 aliphatic heterocycles. The van der Waals surface area contributed by atoms with Gasteiger partial charge in [0.25, 0.3) is 0 Å². The molecule has 14 heavy (non-hydrogen) atoms. The number of hydrogen-bond acceptors (Lipinski definition) is 2. The van der Waals surface area contributed by atoms with Crippen molar-refractivity contribution in [2.45, 2.75) is 38.5 Å². The van der Waals surface area contributed by atoms with Crippen LogP contribution in [0.5, 0.6) is 0 Å². The molecule has 1 rings (SSSR count). The van der Waals surface area contributed by atoms with Crippen LogP contribution in [0.1, 0.15) is 38.5 Å². The maximum Gasteiger partial charge on any atom is 0.221 e. The van der Waals surface area contributed by atoms with Gasteiger partial charge in [-0.15, -0.1) is 0 Å². The van der Waals surface area contributed by atoms with Gasteiger partial charge in [-0.3, -0.25) is 4.79 Å². The highest BCUT2D eigenvalue weighted by molar-refractivity contribution is 5.75. The van der Waals surface area contributed by atoms with E-state index in [0.29, 0.717) is 13.0 Å². The maximum atomic E-state index is 11.1. The lowest BCUT2D eigenvalue weighted by atomic mass is 9.97. The van der Waals surface area contributed by atoms with Crippen molar-refractivity contribution in [3.63, 3.8) is 0 Å². The van der Waals surface area contributed by atoms with E-state index in [9.17, 15) is 4.79 Å². The van der Waals surface area contributed by atoms with Crippen LogP contribution >= 0.6 is 0 Å². The molecule has 0 heterocycles. The summed E-state index contributed by atoms with van der Waals surface area (Å²) in [4.78, 5) is 11.1. The van der Waals surface area contributed by atoms with Crippen molar-refractivity contribution in [1.82, 2.24) is 5.32 Å². The number of hydrogen-bond donors (Lipinski definition) is 2. The van der Waals surface area contributed by atoms with E-state index in [0.717, 1.165) is 13.0 Å². The molecule has 0 atom stereocenters. The Bertz CT molecular complexity index is 211. The Labute approximate surface area is 85.7 Å². The Morgan fingerprint density at radius 2 is 2.36 bits per heavy atom. The van der Waals surface area contributed by atoms with Gasteiger partial charge in [-0.25, -0.2) is 0 Å². The molecule has 0 aromatic carbocycles. The van der Waals surface area contributed by atoms with E-state index in [-0.39, 0.29) is 5.91 Å². The summed E-state index contributed by atoms with van der Waals surface area (Å²) < 4.78 is 0. The van der Waals surface area contributed by atoms with E-state index < -0.39 is 0 Å². The van der Waals surface area contributed by atoms with Gasteiger partial charge in [-0.05, 0) is 32.1 Å². The van der Waals surface area contributed by atoms with Gasteiger partial charge in [0.2, 0.25) is 5.91 Å². The highest BCUT2D eigenvalue weighted by Gasteiger charge is 2.04. The first-order valence-corrected chi connectivity index (χ1v) is 5.47. The van der Waals surface area contributed by atoms with E-state index in [1.807, 2.05) is 0 Å². The Kier molecular flexibility index (Phi) is 5.30. The van der Waals surface area contributed by atoms with Gasteiger partial charge in [-0.2, -0.15) is 0 Å². The van der Waals surface area contributed by atoms with Crippen molar-refractivity contribution in [3.05, 3.63) is 11.6 Å². The standard InChI is InChI=1S/C11H20N2O/c12-8-6-11(14)13-9-7-10-4-2-1-3-5-10/h4H,1-3,5-9,12H2,(H,13,14). The molecule has 0 fully saturated rings. The van der Waals surface area contributed by atoms with Gasteiger partial charge in [0, 0.05) is 19.5 Å². The van der Waals surface area contributed by atoms with Crippen molar-refractivity contribution in [2.75, 3.05) is 13.1 Å². The third-order valence-corrected chi connectivity index (χ3v) is 2.52. The molecule has 1 amide bonds. The molecule has 3 N–H and O–H groups in total. The predicted molar refractivity (Wildman–Crippen MR) is 57.8 cm³/mol. The molecule has 0 saturated carbocycles. The monoisotopic (exact) mass is 196 g/mol. The molecule has 1 aliphatic rings. The first-order chi connectivity index (χ1) is 6.83. The summed E-state index contributed by atoms with van der Waals surface area (Å²) in [6.45, 7) is 1.21. The fraction of sp³-hybridized carbons (Fsp3) is 0.727. The van der Waals surface area contributed by atoms with Crippen molar-refractivity contribution in [3.8, 4) is 0 Å². The number of amides is 1. The highest BCUT2D eigenvalue weighted by atomic mass is 16.1. The second-order valence-corrected chi connectivity index (χ2v) is 3.75. The van der Waals surface area contributed by atoms with E-state index in [4.69, 9.17) is 5.73 Å². The molecular weight excluding hydrogens is 176 g/mol. The molecule has 0 aromatic heterocycles. The van der Waals surface area contributed by atoms with Crippen molar-refractivity contribution >= 4 is 5.91 Å². The largest absolute Gasteiger partial charge is 0.356 e. The average molecular weight is 196 g/mol. The van der Waals surface area contributed by atoms with Gasteiger partial charge >= 0.3 is 0 Å². The number of allylic oxidation sites excluding steroid dienone is 1. The SMILES string of the molecule is NCCC(=O)NCCC1=CCCCC1. The summed E-state index contributed by atoms with van der Waals surface area (Å²) in [5, 5.41) is 2.87. The number of nitrogens with two attached hydrogens (primary N) is 1. The second-order valence-electron chi connectivity index (χ2n) is 3.75. The quantitative estimate of drug-likeness (QED) is 0.652. The van der Waals surface area contributed by atoms with Crippen LogP contribution in [-0.2, 0) is 4.79 Å². The zero-order chi connectivity index (χ0) is 10.2. The molecule has 0 aromatic rings. The summed E-state index contributed by atoms with van der Waals surface area (Å²) in [7, 11) is 0. The van der Waals surface area contributed by atoms with Crippen molar-refractivity contribution in [1.29, 1.82) is 0 Å². The Balaban J connectivity index is 2.08. The average Bonchev–Trinajstić information content (AvgIpc) is 2.20. The van der Waals surface area contributed by atoms with Crippen LogP contribution in [0.2, 0.25) is 0 Å². The van der Waals surface area contributed by atoms with Gasteiger partial charge in [-0.1, -0.05) is 11.6 Å². The molecule has 0 unspecified atom stereocenters. The van der Waals surface area contributed by atoms with Crippen LogP contribution in [0.3, 0.4) is 0 Å². The summed E-state index contributed by atoms with van der Waals surface area (Å²) in [6, 6.07) is 0. The summed E-state index contributed by atoms with van der Waals surface area (Å²) >= 11 is 0. The third kappa shape index (κ3) is 4.42. The van der Waals surface area contributed by atoms with Gasteiger partial charge in [0.15, 0.2) is 0 Å². The van der Waals surface area contributed by atoms with Crippen LogP contribution in [0.25, 0.3) is 0 Å². The summed E-state index contributed by atoms with van der Waals surface area (Å²) in [5.41, 5.74) is 6.78. The Morgan fingerprint density at radius 1 is 1.50 bits per heavy atom. The van der Waals surface area contributed by atoms with Crippen LogP contribution in [0.4, 0.5) is 0 Å². The Hall–Kier alpha value is -0.830. The molecule has 0 saturated heterocycles. The van der Waals surface area contributed by atoms with E-state index in [2.05, 4.69) is 11.4 Å². The van der Waals surface area contributed by atoms with Crippen LogP contribution < -0.4 is 11.1 Å². The van der Waals surface area contributed by atoms with Crippen LogP contribution in [-0.4, -0.2) is 19.0 Å². The number of carbonyl (C=O) groups excluding carboxylic acids is 1. The molecule has 0 bridgehead atoms. The minimum atomic E-state index is 0.0731. The van der Waals surface area contributed by atoms with Gasteiger partial charge in [0.05, 0.1) is 0 Å². The normalized spacial score (nSPS) is 16.2. The topological polar surface area (TPSA) is 55.1 Å². The number of nitrogens with one attached hydrogen (secondary N) is 1. The lowest BCUT2D eigenvalue weighted by Crippen LogP contribution is -2.26. The Morgan fingerprint density at radius 3 is 3.00 bits per heavy atom. The molecule has 1 aliphatic carbocycles. The fourth-order valence-electron chi connectivity index (χ4n) is 1.71. The predicted octanol–water partition coefficient (Wildman–Crippen LogP) is 1.34. The fourth-order valence-corrected chi connectivity index (χ4v) is 1.71. The van der Waals surface area contributed by atoms with Crippen LogP contribution in [0.15, 0.2) is 11.6 Å². The first-order valence-electron chi connectivity index (χ1n) is 5.47. The minimum Gasteiger partial charge on any atom is -0.356 e. The number of rotatable bonds is 5. The summed E-state index contributed by atoms with van der Waals surface area (Å²) in [6.07, 6.45) is 8.83. The second kappa shape index (κ2) is 6.60. The molecule has 0 spiro atoms. The lowest BCUT2D eigenvalue weighted by molar-refractivity contribution is -0.120. The van der Waals surface area contributed by atoms with Crippen molar-refractivity contribution in [2.24, 2.45) is 5.73 Å². The molecule has 3 heteroatoms. The first kappa shape index (κ1) is 11.2. The van der Waals surface area contributed by atoms with Gasteiger partial charge < -0.3 is 11.1 Å². The third-order valence-electron chi connectivity index (χ3n) is 2.52. The lowest BCUT2D eigenvalue weighted by Gasteiger charge is -2.12. The molecule has 0 radical (unpaired) electrons. The summed E-state index contributed by atoms with van der Waals surface area (Å²) in [5.74, 6) is 0.0731.